The van der Waals surface area contributed by atoms with Crippen molar-refractivity contribution in [2.24, 2.45) is 0 Å². The van der Waals surface area contributed by atoms with Crippen molar-refractivity contribution in [1.29, 1.82) is 0 Å². The summed E-state index contributed by atoms with van der Waals surface area (Å²) in [6.45, 7) is 5.75. The molecule has 0 aromatic rings. The first kappa shape index (κ1) is 23.3. The van der Waals surface area contributed by atoms with Gasteiger partial charge in [-0.15, -0.1) is 11.5 Å². The number of rotatable bonds is 16. The molecule has 0 heterocycles. The zero-order chi connectivity index (χ0) is 18.0. The van der Waals surface area contributed by atoms with Crippen LogP contribution >= 0.6 is 11.5 Å². The van der Waals surface area contributed by atoms with E-state index < -0.39 is 11.5 Å². The van der Waals surface area contributed by atoms with Gasteiger partial charge in [-0.1, -0.05) is 85.0 Å². The maximum atomic E-state index is 11.4. The number of unbranched alkanes of at least 4 members (excludes halogenated alkanes) is 10. The lowest BCUT2D eigenvalue weighted by Gasteiger charge is -2.24. The summed E-state index contributed by atoms with van der Waals surface area (Å²) in [5.74, 6) is 0.102. The molecule has 0 spiro atoms. The topological polar surface area (TPSA) is 52.6 Å². The van der Waals surface area contributed by atoms with E-state index >= 15 is 0 Å². The normalized spacial score (nSPS) is 11.2. The van der Waals surface area contributed by atoms with Crippen LogP contribution in [0.3, 0.4) is 0 Å². The van der Waals surface area contributed by atoms with Crippen LogP contribution in [0.4, 0.5) is 0 Å². The quantitative estimate of drug-likeness (QED) is 0.269. The minimum absolute atomic E-state index is 0.284. The zero-order valence-electron chi connectivity index (χ0n) is 16.0. The largest absolute Gasteiger partial charge is 0.347 e. The Morgan fingerprint density at radius 2 is 1.00 bits per heavy atom. The van der Waals surface area contributed by atoms with Gasteiger partial charge in [0.05, 0.1) is 5.75 Å². The van der Waals surface area contributed by atoms with Gasteiger partial charge < -0.3 is 8.37 Å². The summed E-state index contributed by atoms with van der Waals surface area (Å²) >= 11 is -1.39. The Balaban J connectivity index is 3.64. The third kappa shape index (κ3) is 14.9. The summed E-state index contributed by atoms with van der Waals surface area (Å²) in [7, 11) is 0. The fourth-order valence-electron chi connectivity index (χ4n) is 2.37. The first-order valence-electron chi connectivity index (χ1n) is 9.83. The first-order valence-corrected chi connectivity index (χ1v) is 11.2. The van der Waals surface area contributed by atoms with Gasteiger partial charge in [0.25, 0.3) is 0 Å². The third-order valence-corrected chi connectivity index (χ3v) is 5.42. The molecule has 4 nitrogen and oxygen atoms in total. The second kappa shape index (κ2) is 17.1. The van der Waals surface area contributed by atoms with Crippen LogP contribution in [-0.2, 0) is 18.0 Å². The van der Waals surface area contributed by atoms with Crippen molar-refractivity contribution in [2.45, 2.75) is 104 Å². The minimum atomic E-state index is -1.39. The number of carbonyl (C=O) groups excluding carboxylic acids is 2. The van der Waals surface area contributed by atoms with Gasteiger partial charge in [0.15, 0.2) is 0 Å². The van der Waals surface area contributed by atoms with Gasteiger partial charge in [-0.2, -0.15) is 0 Å². The summed E-state index contributed by atoms with van der Waals surface area (Å²) in [6.07, 6.45) is 14.7. The zero-order valence-corrected chi connectivity index (χ0v) is 16.9. The van der Waals surface area contributed by atoms with Crippen LogP contribution in [-0.4, -0.2) is 17.7 Å². The molecule has 24 heavy (non-hydrogen) atoms. The molecule has 0 saturated heterocycles. The smallest absolute Gasteiger partial charge is 0.328 e. The van der Waals surface area contributed by atoms with Crippen LogP contribution in [0, 0.1) is 0 Å². The second-order valence-electron chi connectivity index (χ2n) is 6.23. The maximum Gasteiger partial charge on any atom is 0.328 e. The van der Waals surface area contributed by atoms with Gasteiger partial charge in [-0.25, -0.2) is 0 Å². The predicted octanol–water partition coefficient (Wildman–Crippen LogP) is 6.04. The molecule has 0 aliphatic heterocycles. The fourth-order valence-corrected chi connectivity index (χ4v) is 3.79. The maximum absolute atomic E-state index is 11.4. The molecule has 0 bridgehead atoms. The average molecular weight is 363 g/mol. The van der Waals surface area contributed by atoms with E-state index in [4.69, 9.17) is 8.37 Å². The molecule has 144 valence electrons. The predicted molar refractivity (Wildman–Crippen MR) is 103 cm³/mol. The van der Waals surface area contributed by atoms with E-state index in [0.29, 0.717) is 18.6 Å². The van der Waals surface area contributed by atoms with Gasteiger partial charge >= 0.3 is 11.9 Å². The van der Waals surface area contributed by atoms with Crippen LogP contribution in [0.5, 0.6) is 0 Å². The highest BCUT2D eigenvalue weighted by atomic mass is 32.2. The Bertz CT molecular complexity index is 302. The molecular weight excluding hydrogens is 324 g/mol. The Hall–Kier alpha value is -0.710. The molecule has 0 N–H and O–H groups in total. The van der Waals surface area contributed by atoms with Crippen molar-refractivity contribution in [1.82, 2.24) is 0 Å². The van der Waals surface area contributed by atoms with E-state index in [9.17, 15) is 9.59 Å². The monoisotopic (exact) mass is 362 g/mol. The minimum Gasteiger partial charge on any atom is -0.347 e. The number of hydrogen-bond donors (Lipinski definition) is 1. The van der Waals surface area contributed by atoms with Gasteiger partial charge in [0.1, 0.15) is 0 Å². The van der Waals surface area contributed by atoms with E-state index in [-0.39, 0.29) is 11.9 Å². The molecule has 0 atom stereocenters. The van der Waals surface area contributed by atoms with Crippen molar-refractivity contribution in [2.75, 3.05) is 5.75 Å². The molecule has 0 unspecified atom stereocenters. The lowest BCUT2D eigenvalue weighted by atomic mass is 10.1. The average Bonchev–Trinajstić information content (AvgIpc) is 2.59. The molecule has 0 aromatic heterocycles. The summed E-state index contributed by atoms with van der Waals surface area (Å²) in [5.41, 5.74) is 0. The molecule has 0 radical (unpaired) electrons. The second-order valence-corrected chi connectivity index (χ2v) is 7.70. The fraction of sp³-hybridized carbons (Fsp3) is 0.895. The molecular formula is C19H38O4S. The lowest BCUT2D eigenvalue weighted by molar-refractivity contribution is -0.136. The highest BCUT2D eigenvalue weighted by Gasteiger charge is 2.11. The van der Waals surface area contributed by atoms with Crippen molar-refractivity contribution >= 4 is 23.4 Å². The van der Waals surface area contributed by atoms with Crippen molar-refractivity contribution in [3.05, 3.63) is 0 Å². The molecule has 0 aliphatic rings. The van der Waals surface area contributed by atoms with E-state index in [1.807, 2.05) is 0 Å². The number of carbonyl (C=O) groups is 2. The molecule has 0 aliphatic carbocycles. The van der Waals surface area contributed by atoms with Crippen LogP contribution < -0.4 is 0 Å². The van der Waals surface area contributed by atoms with E-state index in [2.05, 4.69) is 6.92 Å². The van der Waals surface area contributed by atoms with Crippen LogP contribution in [0.15, 0.2) is 0 Å². The lowest BCUT2D eigenvalue weighted by Crippen LogP contribution is -2.09. The Morgan fingerprint density at radius 1 is 0.625 bits per heavy atom. The van der Waals surface area contributed by atoms with Crippen molar-refractivity contribution < 1.29 is 18.0 Å². The SMILES string of the molecule is CCCCCCCCCCCCC[SH](OC(=O)CC)OC(=O)CC. The van der Waals surface area contributed by atoms with Gasteiger partial charge in [0, 0.05) is 12.8 Å². The summed E-state index contributed by atoms with van der Waals surface area (Å²) in [6, 6.07) is 0. The van der Waals surface area contributed by atoms with E-state index in [1.54, 1.807) is 13.8 Å². The van der Waals surface area contributed by atoms with Gasteiger partial charge in [0.2, 0.25) is 0 Å². The van der Waals surface area contributed by atoms with Crippen molar-refractivity contribution in [3.8, 4) is 0 Å². The van der Waals surface area contributed by atoms with E-state index in [0.717, 1.165) is 12.8 Å². The number of hydrogen-bond acceptors (Lipinski definition) is 4. The van der Waals surface area contributed by atoms with E-state index in [1.165, 1.54) is 57.8 Å². The molecule has 0 aromatic carbocycles. The molecule has 0 saturated carbocycles. The molecule has 0 fully saturated rings. The Kier molecular flexibility index (Phi) is 16.6. The summed E-state index contributed by atoms with van der Waals surface area (Å²) in [5, 5.41) is 0. The van der Waals surface area contributed by atoms with Crippen LogP contribution in [0.2, 0.25) is 0 Å². The number of thiol groups is 1. The third-order valence-electron chi connectivity index (χ3n) is 3.93. The molecule has 5 heteroatoms. The summed E-state index contributed by atoms with van der Waals surface area (Å²) in [4.78, 5) is 22.8. The first-order chi connectivity index (χ1) is 11.6. The molecule has 0 rings (SSSR count). The summed E-state index contributed by atoms with van der Waals surface area (Å²) < 4.78 is 10.5. The van der Waals surface area contributed by atoms with Crippen molar-refractivity contribution in [3.63, 3.8) is 0 Å². The highest BCUT2D eigenvalue weighted by Crippen LogP contribution is 2.31. The van der Waals surface area contributed by atoms with Crippen LogP contribution in [0.25, 0.3) is 0 Å². The Morgan fingerprint density at radius 3 is 1.38 bits per heavy atom. The highest BCUT2D eigenvalue weighted by molar-refractivity contribution is 8.09. The van der Waals surface area contributed by atoms with Gasteiger partial charge in [-0.3, -0.25) is 9.59 Å². The van der Waals surface area contributed by atoms with Crippen LogP contribution in [0.1, 0.15) is 104 Å². The molecule has 0 amide bonds. The van der Waals surface area contributed by atoms with Gasteiger partial charge in [-0.05, 0) is 6.42 Å². The Labute approximate surface area is 151 Å². The standard InChI is InChI=1S/C19H38O4S/c1-4-7-8-9-10-11-12-13-14-15-16-17-24(22-18(20)5-2)23-19(21)6-3/h24H,4-17H2,1-3H3.